The van der Waals surface area contributed by atoms with Gasteiger partial charge in [0.15, 0.2) is 0 Å². The molecule has 0 saturated carbocycles. The second-order valence-corrected chi connectivity index (χ2v) is 12.5. The van der Waals surface area contributed by atoms with Gasteiger partial charge in [0.25, 0.3) is 0 Å². The van der Waals surface area contributed by atoms with Crippen LogP contribution in [0.2, 0.25) is 0 Å². The van der Waals surface area contributed by atoms with Crippen LogP contribution in [-0.2, 0) is 29.5 Å². The van der Waals surface area contributed by atoms with Crippen LogP contribution in [0.5, 0.6) is 6.01 Å². The van der Waals surface area contributed by atoms with E-state index in [1.165, 1.54) is 47.6 Å². The van der Waals surface area contributed by atoms with Crippen molar-refractivity contribution in [2.24, 2.45) is 0 Å². The van der Waals surface area contributed by atoms with E-state index in [2.05, 4.69) is 54.6 Å². The first kappa shape index (κ1) is 27.7. The van der Waals surface area contributed by atoms with E-state index in [0.717, 1.165) is 50.2 Å². The number of anilines is 1. The Morgan fingerprint density at radius 3 is 2.83 bits per heavy atom. The zero-order valence-corrected chi connectivity index (χ0v) is 24.6. The summed E-state index contributed by atoms with van der Waals surface area (Å²) in [6, 6.07) is 9.73. The maximum Gasteiger partial charge on any atom is 0.318 e. The molecule has 2 aliphatic carbocycles. The maximum atomic E-state index is 12.5. The van der Waals surface area contributed by atoms with Gasteiger partial charge in [-0.05, 0) is 94.6 Å². The maximum absolute atomic E-state index is 12.5. The van der Waals surface area contributed by atoms with Crippen LogP contribution in [0.4, 0.5) is 5.82 Å². The zero-order valence-electron chi connectivity index (χ0n) is 24.6. The van der Waals surface area contributed by atoms with E-state index >= 15 is 0 Å². The van der Waals surface area contributed by atoms with Crippen molar-refractivity contribution in [3.05, 3.63) is 58.8 Å². The average Bonchev–Trinajstić information content (AvgIpc) is 3.40. The van der Waals surface area contributed by atoms with E-state index in [1.54, 1.807) is 4.90 Å². The van der Waals surface area contributed by atoms with Crippen molar-refractivity contribution in [1.29, 1.82) is 5.26 Å². The molecule has 8 heteroatoms. The molecule has 1 aromatic carbocycles. The van der Waals surface area contributed by atoms with Gasteiger partial charge in [-0.25, -0.2) is 0 Å². The van der Waals surface area contributed by atoms with Gasteiger partial charge in [-0.2, -0.15) is 15.2 Å². The fraction of sp³-hybridized carbons (Fsp3) is 0.576. The Hall–Kier alpha value is -3.44. The lowest BCUT2D eigenvalue weighted by Gasteiger charge is -2.45. The summed E-state index contributed by atoms with van der Waals surface area (Å²) in [7, 11) is 2.16. The monoisotopic (exact) mass is 554 g/mol. The number of hydrogen-bond acceptors (Lipinski definition) is 7. The van der Waals surface area contributed by atoms with Crippen LogP contribution in [0.3, 0.4) is 0 Å². The predicted octanol–water partition coefficient (Wildman–Crippen LogP) is 4.14. The van der Waals surface area contributed by atoms with Gasteiger partial charge >= 0.3 is 6.01 Å². The normalized spacial score (nSPS) is 25.9. The largest absolute Gasteiger partial charge is 0.462 e. The molecule has 2 aromatic rings. The number of ether oxygens (including phenoxy) is 1. The van der Waals surface area contributed by atoms with Gasteiger partial charge in [-0.3, -0.25) is 4.79 Å². The van der Waals surface area contributed by atoms with Gasteiger partial charge < -0.3 is 19.4 Å². The summed E-state index contributed by atoms with van der Waals surface area (Å²) in [5, 5.41) is 9.54. The number of piperazine rings is 1. The van der Waals surface area contributed by atoms with Crippen molar-refractivity contribution < 1.29 is 9.53 Å². The first-order valence-electron chi connectivity index (χ1n) is 15.3. The lowest BCUT2D eigenvalue weighted by atomic mass is 9.61. The number of carbonyl (C=O) groups excluding carboxylic acids is 1. The zero-order chi connectivity index (χ0) is 28.6. The van der Waals surface area contributed by atoms with E-state index in [1.807, 2.05) is 0 Å². The summed E-state index contributed by atoms with van der Waals surface area (Å²) >= 11 is 0. The molecular formula is C33H42N6O2. The number of rotatable bonds is 6. The Morgan fingerprint density at radius 1 is 1.17 bits per heavy atom. The van der Waals surface area contributed by atoms with E-state index in [0.29, 0.717) is 38.3 Å². The number of carbonyl (C=O) groups is 1. The minimum atomic E-state index is -0.204. The molecule has 6 rings (SSSR count). The SMILES string of the molecule is C=CC(=O)N1CCN(c2nc(OC[C@@H]3CCCN3C)nc3c2CCC2(CCCc4c(C)cccc42)C3)C[C@@H]1CC#N. The topological polar surface area (TPSA) is 85.6 Å². The van der Waals surface area contributed by atoms with Crippen LogP contribution >= 0.6 is 0 Å². The third-order valence-electron chi connectivity index (χ3n) is 10.1. The standard InChI is InChI=1S/C33H42N6O2/c1-4-30(40)39-19-18-38(21-24(39)13-16-34)31-27-12-15-33(14-6-10-26-23(2)8-5-11-28(26)33)20-29(27)35-32(36-31)41-22-25-9-7-17-37(25)3/h4-5,8,11,24-25H,1,6-7,9-10,12-15,17-22H2,2-3H3/t24-,25-,33?/m0/s1. The van der Waals surface area contributed by atoms with Gasteiger partial charge in [0, 0.05) is 36.7 Å². The van der Waals surface area contributed by atoms with Crippen molar-refractivity contribution in [2.45, 2.75) is 82.2 Å². The Morgan fingerprint density at radius 2 is 2.05 bits per heavy atom. The predicted molar refractivity (Wildman–Crippen MR) is 159 cm³/mol. The highest BCUT2D eigenvalue weighted by Crippen LogP contribution is 2.48. The second kappa shape index (κ2) is 11.4. The van der Waals surface area contributed by atoms with Crippen molar-refractivity contribution in [3.63, 3.8) is 0 Å². The Bertz CT molecular complexity index is 1370. The van der Waals surface area contributed by atoms with Crippen molar-refractivity contribution >= 4 is 11.7 Å². The molecule has 0 N–H and O–H groups in total. The van der Waals surface area contributed by atoms with Gasteiger partial charge in [0.2, 0.25) is 5.91 Å². The molecule has 216 valence electrons. The van der Waals surface area contributed by atoms with Crippen LogP contribution in [0.1, 0.15) is 66.5 Å². The molecule has 41 heavy (non-hydrogen) atoms. The summed E-state index contributed by atoms with van der Waals surface area (Å²) < 4.78 is 6.35. The van der Waals surface area contributed by atoms with Gasteiger partial charge in [0.1, 0.15) is 12.4 Å². The van der Waals surface area contributed by atoms with Crippen molar-refractivity contribution in [3.8, 4) is 12.1 Å². The third-order valence-corrected chi connectivity index (χ3v) is 10.1. The van der Waals surface area contributed by atoms with E-state index in [9.17, 15) is 10.1 Å². The summed E-state index contributed by atoms with van der Waals surface area (Å²) in [6.45, 7) is 9.35. The van der Waals surface area contributed by atoms with Crippen LogP contribution < -0.4 is 9.64 Å². The number of likely N-dealkylation sites (N-methyl/N-ethyl adjacent to an activating group) is 1. The fourth-order valence-corrected chi connectivity index (χ4v) is 7.80. The summed E-state index contributed by atoms with van der Waals surface area (Å²) in [4.78, 5) is 29.1. The number of aryl methyl sites for hydroxylation is 1. The van der Waals surface area contributed by atoms with Crippen LogP contribution in [0.25, 0.3) is 0 Å². The molecule has 8 nitrogen and oxygen atoms in total. The molecule has 2 fully saturated rings. The number of likely N-dealkylation sites (tertiary alicyclic amines) is 1. The molecule has 2 aliphatic heterocycles. The van der Waals surface area contributed by atoms with Gasteiger partial charge in [0.05, 0.1) is 24.2 Å². The average molecular weight is 555 g/mol. The molecule has 1 aromatic heterocycles. The lowest BCUT2D eigenvalue weighted by Crippen LogP contribution is -2.55. The summed E-state index contributed by atoms with van der Waals surface area (Å²) in [6.07, 6.45) is 10.4. The molecule has 1 spiro atoms. The molecule has 4 aliphatic rings. The highest BCUT2D eigenvalue weighted by molar-refractivity contribution is 5.87. The Balaban J connectivity index is 1.35. The number of hydrogen-bond donors (Lipinski definition) is 0. The Kier molecular flexibility index (Phi) is 7.74. The minimum absolute atomic E-state index is 0.0968. The quantitative estimate of drug-likeness (QED) is 0.496. The van der Waals surface area contributed by atoms with E-state index < -0.39 is 0 Å². The lowest BCUT2D eigenvalue weighted by molar-refractivity contribution is -0.128. The first-order valence-corrected chi connectivity index (χ1v) is 15.3. The first-order chi connectivity index (χ1) is 19.9. The number of benzene rings is 1. The van der Waals surface area contributed by atoms with Crippen LogP contribution in [-0.4, -0.2) is 77.6 Å². The van der Waals surface area contributed by atoms with Crippen LogP contribution in [0, 0.1) is 18.3 Å². The molecule has 1 unspecified atom stereocenters. The number of nitrogens with zero attached hydrogens (tertiary/aromatic N) is 6. The fourth-order valence-electron chi connectivity index (χ4n) is 7.80. The molecular weight excluding hydrogens is 512 g/mol. The summed E-state index contributed by atoms with van der Waals surface area (Å²) in [5.41, 5.74) is 6.84. The second-order valence-electron chi connectivity index (χ2n) is 12.5. The molecule has 1 amide bonds. The van der Waals surface area contributed by atoms with Gasteiger partial charge in [-0.15, -0.1) is 0 Å². The Labute approximate surface area is 244 Å². The van der Waals surface area contributed by atoms with Gasteiger partial charge in [-0.1, -0.05) is 24.8 Å². The van der Waals surface area contributed by atoms with E-state index in [-0.39, 0.29) is 23.8 Å². The van der Waals surface area contributed by atoms with Crippen molar-refractivity contribution in [1.82, 2.24) is 19.8 Å². The number of nitriles is 1. The smallest absolute Gasteiger partial charge is 0.318 e. The summed E-state index contributed by atoms with van der Waals surface area (Å²) in [5.74, 6) is 0.807. The van der Waals surface area contributed by atoms with Crippen LogP contribution in [0.15, 0.2) is 30.9 Å². The number of aromatic nitrogens is 2. The number of amides is 1. The van der Waals surface area contributed by atoms with Crippen molar-refractivity contribution in [2.75, 3.05) is 44.7 Å². The molecule has 0 radical (unpaired) electrons. The molecule has 3 heterocycles. The molecule has 0 bridgehead atoms. The number of fused-ring (bicyclic) bond motifs is 3. The highest BCUT2D eigenvalue weighted by Gasteiger charge is 2.42. The van der Waals surface area contributed by atoms with E-state index in [4.69, 9.17) is 14.7 Å². The highest BCUT2D eigenvalue weighted by atomic mass is 16.5. The third kappa shape index (κ3) is 5.21. The minimum Gasteiger partial charge on any atom is -0.462 e. The molecule has 3 atom stereocenters. The molecule has 2 saturated heterocycles.